The van der Waals surface area contributed by atoms with E-state index in [1.165, 1.54) is 16.4 Å². The highest BCUT2D eigenvalue weighted by atomic mass is 32.2. The number of rotatable bonds is 1. The molecule has 0 unspecified atom stereocenters. The number of aromatic nitrogens is 2. The smallest absolute Gasteiger partial charge is 0.266 e. The fraction of sp³-hybridized carbons (Fsp3) is 0.143. The van der Waals surface area contributed by atoms with E-state index in [9.17, 15) is 4.79 Å². The summed E-state index contributed by atoms with van der Waals surface area (Å²) in [7, 11) is 1.63. The summed E-state index contributed by atoms with van der Waals surface area (Å²) in [4.78, 5) is 12.8. The molecule has 0 radical (unpaired) electrons. The highest BCUT2D eigenvalue weighted by Gasteiger charge is 2.06. The summed E-state index contributed by atoms with van der Waals surface area (Å²) in [5.74, 6) is 5.94. The van der Waals surface area contributed by atoms with Crippen molar-refractivity contribution in [2.75, 3.05) is 6.26 Å². The Hall–Kier alpha value is -1.99. The summed E-state index contributed by atoms with van der Waals surface area (Å²) in [5.41, 5.74) is 1.23. The van der Waals surface area contributed by atoms with E-state index in [2.05, 4.69) is 16.9 Å². The predicted molar refractivity (Wildman–Crippen MR) is 73.7 cm³/mol. The zero-order chi connectivity index (χ0) is 13.0. The minimum absolute atomic E-state index is 0.162. The molecule has 0 saturated carbocycles. The lowest BCUT2D eigenvalue weighted by Crippen LogP contribution is -2.22. The molecule has 0 aliphatic heterocycles. The second-order valence-electron chi connectivity index (χ2n) is 3.63. The maximum atomic E-state index is 12.0. The molecule has 1 aromatic carbocycles. The first-order valence-corrected chi connectivity index (χ1v) is 6.62. The summed E-state index contributed by atoms with van der Waals surface area (Å²) in [5, 5.41) is 3.98. The monoisotopic (exact) mass is 256 g/mol. The topological polar surface area (TPSA) is 34.9 Å². The zero-order valence-electron chi connectivity index (χ0n) is 10.2. The first kappa shape index (κ1) is 12.5. The zero-order valence-corrected chi connectivity index (χ0v) is 11.0. The summed E-state index contributed by atoms with van der Waals surface area (Å²) in [6, 6.07) is 9.60. The van der Waals surface area contributed by atoms with Crippen molar-refractivity contribution in [1.29, 1.82) is 0 Å². The Balaban J connectivity index is 2.50. The van der Waals surface area contributed by atoms with Crippen molar-refractivity contribution >= 4 is 11.8 Å². The van der Waals surface area contributed by atoms with Crippen LogP contribution in [0.5, 0.6) is 0 Å². The highest BCUT2D eigenvalue weighted by Crippen LogP contribution is 2.14. The molecule has 0 spiro atoms. The Morgan fingerprint density at radius 3 is 2.61 bits per heavy atom. The van der Waals surface area contributed by atoms with Gasteiger partial charge in [0, 0.05) is 17.5 Å². The predicted octanol–water partition coefficient (Wildman–Crippen LogP) is 1.90. The fourth-order valence-electron chi connectivity index (χ4n) is 1.45. The molecule has 3 nitrogen and oxygen atoms in total. The molecule has 0 N–H and O–H groups in total. The molecule has 1 aromatic heterocycles. The van der Waals surface area contributed by atoms with Gasteiger partial charge in [0.25, 0.3) is 5.56 Å². The van der Waals surface area contributed by atoms with Crippen molar-refractivity contribution in [2.45, 2.75) is 4.90 Å². The maximum absolute atomic E-state index is 12.0. The van der Waals surface area contributed by atoms with E-state index in [1.807, 2.05) is 36.6 Å². The Morgan fingerprint density at radius 2 is 1.94 bits per heavy atom. The van der Waals surface area contributed by atoms with Crippen LogP contribution in [-0.2, 0) is 7.05 Å². The summed E-state index contributed by atoms with van der Waals surface area (Å²) in [6.45, 7) is 0. The van der Waals surface area contributed by atoms with Gasteiger partial charge in [-0.2, -0.15) is 5.10 Å². The number of thioether (sulfide) groups is 1. The Bertz CT molecular complexity index is 666. The highest BCUT2D eigenvalue weighted by molar-refractivity contribution is 7.98. The first-order chi connectivity index (χ1) is 8.72. The van der Waals surface area contributed by atoms with Crippen molar-refractivity contribution in [2.24, 2.45) is 7.05 Å². The number of hydrogen-bond acceptors (Lipinski definition) is 3. The van der Waals surface area contributed by atoms with Crippen LogP contribution in [0.2, 0.25) is 0 Å². The lowest BCUT2D eigenvalue weighted by Gasteiger charge is -2.01. The Labute approximate surface area is 110 Å². The maximum Gasteiger partial charge on any atom is 0.283 e. The van der Waals surface area contributed by atoms with Gasteiger partial charge in [-0.05, 0) is 18.4 Å². The van der Waals surface area contributed by atoms with Crippen molar-refractivity contribution < 1.29 is 0 Å². The van der Waals surface area contributed by atoms with Crippen molar-refractivity contribution in [1.82, 2.24) is 9.78 Å². The second kappa shape index (κ2) is 5.56. The molecule has 2 aromatic rings. The lowest BCUT2D eigenvalue weighted by atomic mass is 10.2. The molecule has 0 atom stereocenters. The molecule has 2 rings (SSSR count). The first-order valence-electron chi connectivity index (χ1n) is 5.39. The molecule has 4 heteroatoms. The van der Waals surface area contributed by atoms with E-state index in [0.717, 1.165) is 10.5 Å². The minimum Gasteiger partial charge on any atom is -0.266 e. The minimum atomic E-state index is -0.162. The Morgan fingerprint density at radius 1 is 1.22 bits per heavy atom. The van der Waals surface area contributed by atoms with Gasteiger partial charge in [-0.15, -0.1) is 11.8 Å². The molecular formula is C14H12N2OS. The molecular weight excluding hydrogens is 244 g/mol. The quantitative estimate of drug-likeness (QED) is 0.577. The van der Waals surface area contributed by atoms with E-state index in [1.54, 1.807) is 13.2 Å². The van der Waals surface area contributed by atoms with Gasteiger partial charge in [-0.3, -0.25) is 4.79 Å². The van der Waals surface area contributed by atoms with E-state index < -0.39 is 0 Å². The van der Waals surface area contributed by atoms with E-state index >= 15 is 0 Å². The lowest BCUT2D eigenvalue weighted by molar-refractivity contribution is 0.693. The van der Waals surface area contributed by atoms with Crippen LogP contribution in [0.3, 0.4) is 0 Å². The normalized spacial score (nSPS) is 9.67. The van der Waals surface area contributed by atoms with Crippen LogP contribution in [0.4, 0.5) is 0 Å². The van der Waals surface area contributed by atoms with Crippen LogP contribution >= 0.6 is 11.8 Å². The van der Waals surface area contributed by atoms with Gasteiger partial charge in [0.1, 0.15) is 5.56 Å². The van der Waals surface area contributed by atoms with Crippen LogP contribution in [0.1, 0.15) is 11.1 Å². The summed E-state index contributed by atoms with van der Waals surface area (Å²) in [6.07, 6.45) is 3.57. The fourth-order valence-corrected chi connectivity index (χ4v) is 1.94. The van der Waals surface area contributed by atoms with Gasteiger partial charge in [-0.25, -0.2) is 4.68 Å². The van der Waals surface area contributed by atoms with Crippen LogP contribution in [0, 0.1) is 11.8 Å². The number of nitrogens with zero attached hydrogens (tertiary/aromatic N) is 2. The molecule has 0 aliphatic rings. The molecule has 1 heterocycles. The second-order valence-corrected chi connectivity index (χ2v) is 4.48. The molecule has 0 fully saturated rings. The third-order valence-electron chi connectivity index (χ3n) is 2.43. The van der Waals surface area contributed by atoms with Gasteiger partial charge < -0.3 is 0 Å². The number of benzene rings is 1. The molecule has 90 valence electrons. The summed E-state index contributed by atoms with van der Waals surface area (Å²) >= 11 is 1.48. The SMILES string of the molecule is CSc1cnn(C)c(=O)c1C#Cc1ccccc1. The third kappa shape index (κ3) is 2.63. The van der Waals surface area contributed by atoms with Gasteiger partial charge in [-0.1, -0.05) is 30.0 Å². The summed E-state index contributed by atoms with van der Waals surface area (Å²) < 4.78 is 1.30. The van der Waals surface area contributed by atoms with E-state index in [0.29, 0.717) is 5.56 Å². The molecule has 0 amide bonds. The standard InChI is InChI=1S/C14H12N2OS/c1-16-14(17)12(13(18-2)10-15-16)9-8-11-6-4-3-5-7-11/h3-7,10H,1-2H3. The van der Waals surface area contributed by atoms with E-state index in [-0.39, 0.29) is 5.56 Å². The molecule has 0 aliphatic carbocycles. The van der Waals surface area contributed by atoms with Crippen molar-refractivity contribution in [3.63, 3.8) is 0 Å². The van der Waals surface area contributed by atoms with Crippen molar-refractivity contribution in [3.05, 3.63) is 58.0 Å². The molecule has 0 bridgehead atoms. The number of hydrogen-bond donors (Lipinski definition) is 0. The van der Waals surface area contributed by atoms with Gasteiger partial charge in [0.05, 0.1) is 6.20 Å². The number of aryl methyl sites for hydroxylation is 1. The van der Waals surface area contributed by atoms with Crippen LogP contribution in [0.25, 0.3) is 0 Å². The van der Waals surface area contributed by atoms with Crippen molar-refractivity contribution in [3.8, 4) is 11.8 Å². The largest absolute Gasteiger partial charge is 0.283 e. The molecule has 18 heavy (non-hydrogen) atoms. The average molecular weight is 256 g/mol. The van der Waals surface area contributed by atoms with Gasteiger partial charge in [0.2, 0.25) is 0 Å². The van der Waals surface area contributed by atoms with Crippen LogP contribution < -0.4 is 5.56 Å². The van der Waals surface area contributed by atoms with E-state index in [4.69, 9.17) is 0 Å². The van der Waals surface area contributed by atoms with Crippen LogP contribution in [0.15, 0.2) is 46.2 Å². The van der Waals surface area contributed by atoms with Gasteiger partial charge >= 0.3 is 0 Å². The third-order valence-corrected chi connectivity index (χ3v) is 3.18. The van der Waals surface area contributed by atoms with Crippen LogP contribution in [-0.4, -0.2) is 16.0 Å². The van der Waals surface area contributed by atoms with Gasteiger partial charge in [0.15, 0.2) is 0 Å². The molecule has 0 saturated heterocycles. The Kier molecular flexibility index (Phi) is 3.85. The average Bonchev–Trinajstić information content (AvgIpc) is 2.41.